The van der Waals surface area contributed by atoms with E-state index in [9.17, 15) is 43.7 Å². The second-order valence-electron chi connectivity index (χ2n) is 18.6. The van der Waals surface area contributed by atoms with Gasteiger partial charge in [0, 0.05) is 23.2 Å². The van der Waals surface area contributed by atoms with E-state index in [1.807, 2.05) is 40.7 Å². The first-order valence-corrected chi connectivity index (χ1v) is 23.4. The highest BCUT2D eigenvalue weighted by Gasteiger charge is 2.25. The van der Waals surface area contributed by atoms with Gasteiger partial charge in [0.05, 0.1) is 36.6 Å². The van der Waals surface area contributed by atoms with Crippen molar-refractivity contribution in [2.24, 2.45) is 29.2 Å². The summed E-state index contributed by atoms with van der Waals surface area (Å²) in [6.45, 7) is 31.1. The molecule has 0 spiro atoms. The summed E-state index contributed by atoms with van der Waals surface area (Å²) in [6, 6.07) is 9.90. The van der Waals surface area contributed by atoms with Gasteiger partial charge in [-0.15, -0.1) is 13.2 Å². The molecule has 3 aromatic rings. The van der Waals surface area contributed by atoms with E-state index in [0.717, 1.165) is 11.5 Å². The van der Waals surface area contributed by atoms with Crippen molar-refractivity contribution in [2.45, 2.75) is 127 Å². The number of nitrogens with two attached hydrogens (primary N) is 2. The van der Waals surface area contributed by atoms with Crippen LogP contribution >= 0.6 is 0 Å². The zero-order valence-corrected chi connectivity index (χ0v) is 44.1. The van der Waals surface area contributed by atoms with Gasteiger partial charge in [-0.2, -0.15) is 0 Å². The number of hydrogen-bond acceptors (Lipinski definition) is 11. The number of rotatable bonds is 20. The summed E-state index contributed by atoms with van der Waals surface area (Å²) in [4.78, 5) is 93.4. The van der Waals surface area contributed by atoms with Crippen molar-refractivity contribution in [2.75, 3.05) is 26.2 Å². The summed E-state index contributed by atoms with van der Waals surface area (Å²) < 4.78 is 2.28. The van der Waals surface area contributed by atoms with Crippen molar-refractivity contribution < 1.29 is 43.6 Å². The number of phenols is 1. The van der Waals surface area contributed by atoms with Crippen molar-refractivity contribution in [3.8, 4) is 5.75 Å². The molecule has 11 N–H and O–H groups in total. The molecule has 0 aliphatic heterocycles. The van der Waals surface area contributed by atoms with Gasteiger partial charge in [-0.25, -0.2) is 0 Å². The number of fused-ring (bicyclic) bond motifs is 1. The maximum atomic E-state index is 12.4. The summed E-state index contributed by atoms with van der Waals surface area (Å²) in [5.41, 5.74) is 13.4. The number of phenolic OH excluding ortho intramolecular Hbond substituents is 1. The van der Waals surface area contributed by atoms with E-state index in [0.29, 0.717) is 6.42 Å². The molecule has 3 unspecified atom stereocenters. The van der Waals surface area contributed by atoms with E-state index in [1.54, 1.807) is 19.1 Å². The number of carbonyl (C=O) groups excluding carboxylic acids is 7. The SMILES string of the molecule is C=CC.C=CC(C)(C)n1cc(C)c2ccccc21.CC(C)C.CC(C)CC(NC(=O)CN)C(=O)NCC(=O)NC(C)C(=O)NCC(=O)NC(CC(C)C)C(=O)NCC(N)=O.Cc1ccc(O)c([N+](=O)[O-])c1. The van der Waals surface area contributed by atoms with Gasteiger partial charge in [-0.1, -0.05) is 84.9 Å². The van der Waals surface area contributed by atoms with Crippen LogP contribution in [0.4, 0.5) is 5.69 Å². The van der Waals surface area contributed by atoms with Gasteiger partial charge in [0.2, 0.25) is 41.4 Å². The van der Waals surface area contributed by atoms with Gasteiger partial charge in [0.1, 0.15) is 18.1 Å². The van der Waals surface area contributed by atoms with Gasteiger partial charge in [-0.3, -0.25) is 43.7 Å². The molecule has 71 heavy (non-hydrogen) atoms. The molecule has 396 valence electrons. The standard InChI is InChI=1S/C23H42N8O7.C14H17N.C7H7NO3.C4H10.C3H6/c1-12(2)6-15(30-18(33)8-24)23(38)28-10-19(34)29-14(5)21(36)27-11-20(35)31-16(7-13(3)4)22(37)26-9-17(25)32;1-5-14(3,4)15-10-11(2)12-8-6-7-9-13(12)15;1-5-2-3-7(9)6(4-5)8(10)11;1-4(2)3;1-3-2/h12-16H,6-11,24H2,1-5H3,(H2,25,32)(H,26,37)(H,27,36)(H,28,38)(H,29,34)(H,30,33)(H,31,35);5-10H,1H2,2-4H3;2-4,9H,1H3;4H,1-3H3;3H,1H2,2H3. The van der Waals surface area contributed by atoms with Gasteiger partial charge < -0.3 is 53.0 Å². The van der Waals surface area contributed by atoms with Gasteiger partial charge in [0.25, 0.3) is 0 Å². The number of aryl methyl sites for hydroxylation is 2. The Balaban J connectivity index is 0. The molecule has 0 aliphatic rings. The molecule has 3 rings (SSSR count). The Kier molecular flexibility index (Phi) is 31.8. The molecule has 0 saturated carbocycles. The molecule has 1 aromatic heterocycles. The van der Waals surface area contributed by atoms with Crippen LogP contribution in [0.5, 0.6) is 5.75 Å². The molecular weight excluding hydrogens is 913 g/mol. The predicted octanol–water partition coefficient (Wildman–Crippen LogP) is 4.68. The number of allylic oxidation sites excluding steroid dienone is 2. The highest BCUT2D eigenvalue weighted by molar-refractivity contribution is 5.94. The summed E-state index contributed by atoms with van der Waals surface area (Å²) in [5.74, 6) is -3.71. The minimum Gasteiger partial charge on any atom is -0.502 e. The molecule has 0 fully saturated rings. The van der Waals surface area contributed by atoms with Gasteiger partial charge >= 0.3 is 5.69 Å². The number of hydrogen-bond donors (Lipinski definition) is 9. The van der Waals surface area contributed by atoms with Crippen LogP contribution in [0.2, 0.25) is 0 Å². The zero-order chi connectivity index (χ0) is 55.2. The summed E-state index contributed by atoms with van der Waals surface area (Å²) in [7, 11) is 0. The summed E-state index contributed by atoms with van der Waals surface area (Å²) >= 11 is 0. The molecule has 0 saturated heterocycles. The van der Waals surface area contributed by atoms with Gasteiger partial charge in [0.15, 0.2) is 5.75 Å². The molecule has 0 bridgehead atoms. The Morgan fingerprint density at radius 2 is 1.21 bits per heavy atom. The lowest BCUT2D eigenvalue weighted by Crippen LogP contribution is -2.54. The molecule has 0 radical (unpaired) electrons. The maximum absolute atomic E-state index is 12.4. The van der Waals surface area contributed by atoms with E-state index >= 15 is 0 Å². The second kappa shape index (κ2) is 34.2. The van der Waals surface area contributed by atoms with Crippen molar-refractivity contribution in [1.82, 2.24) is 36.5 Å². The Bertz CT molecular complexity index is 2220. The quantitative estimate of drug-likeness (QED) is 0.0425. The van der Waals surface area contributed by atoms with Crippen LogP contribution in [-0.4, -0.2) is 100 Å². The minimum atomic E-state index is -1.04. The first-order valence-electron chi connectivity index (χ1n) is 23.4. The fraction of sp³-hybridized carbons (Fsp3) is 0.510. The molecule has 3 atom stereocenters. The zero-order valence-electron chi connectivity index (χ0n) is 44.1. The average molecular weight is 995 g/mol. The molecule has 20 nitrogen and oxygen atoms in total. The number of primary amides is 1. The lowest BCUT2D eigenvalue weighted by molar-refractivity contribution is -0.385. The third-order valence-electron chi connectivity index (χ3n) is 9.32. The topological polar surface area (TPSA) is 312 Å². The van der Waals surface area contributed by atoms with E-state index in [2.05, 4.69) is 122 Å². The van der Waals surface area contributed by atoms with Crippen LogP contribution < -0.4 is 43.4 Å². The predicted molar refractivity (Wildman–Crippen MR) is 280 cm³/mol. The smallest absolute Gasteiger partial charge is 0.310 e. The number of nitro benzene ring substituents is 1. The summed E-state index contributed by atoms with van der Waals surface area (Å²) in [6.07, 6.45) is 6.56. The number of aromatic hydroxyl groups is 1. The third-order valence-corrected chi connectivity index (χ3v) is 9.32. The number of benzene rings is 2. The van der Waals surface area contributed by atoms with Crippen molar-refractivity contribution in [3.63, 3.8) is 0 Å². The molecule has 2 aromatic carbocycles. The first kappa shape index (κ1) is 66.0. The molecule has 1 heterocycles. The first-order chi connectivity index (χ1) is 33.0. The largest absolute Gasteiger partial charge is 0.502 e. The highest BCUT2D eigenvalue weighted by atomic mass is 16.6. The van der Waals surface area contributed by atoms with Crippen molar-refractivity contribution in [3.05, 3.63) is 95.2 Å². The lowest BCUT2D eigenvalue weighted by Gasteiger charge is -2.23. The number of aromatic nitrogens is 1. The number of nitro groups is 1. The van der Waals surface area contributed by atoms with Crippen LogP contribution in [0.3, 0.4) is 0 Å². The number of carbonyl (C=O) groups is 7. The van der Waals surface area contributed by atoms with Crippen LogP contribution in [-0.2, 0) is 39.1 Å². The number of amides is 7. The molecule has 7 amide bonds. The minimum absolute atomic E-state index is 0.0339. The lowest BCUT2D eigenvalue weighted by atomic mass is 10.0. The molecule has 20 heteroatoms. The van der Waals surface area contributed by atoms with Crippen LogP contribution in [0, 0.1) is 41.7 Å². The maximum Gasteiger partial charge on any atom is 0.310 e. The van der Waals surface area contributed by atoms with E-state index in [-0.39, 0.29) is 48.3 Å². The van der Waals surface area contributed by atoms with E-state index < -0.39 is 77.5 Å². The third kappa shape index (κ3) is 28.2. The number of nitrogens with one attached hydrogen (secondary N) is 6. The Morgan fingerprint density at radius 1 is 0.761 bits per heavy atom. The second-order valence-corrected chi connectivity index (χ2v) is 18.6. The summed E-state index contributed by atoms with van der Waals surface area (Å²) in [5, 5.41) is 35.0. The van der Waals surface area contributed by atoms with Gasteiger partial charge in [-0.05, 0) is 95.4 Å². The fourth-order valence-electron chi connectivity index (χ4n) is 5.88. The van der Waals surface area contributed by atoms with Crippen LogP contribution in [0.15, 0.2) is 74.0 Å². The monoisotopic (exact) mass is 995 g/mol. The Hall–Kier alpha value is -7.09. The molecule has 0 aliphatic carbocycles. The van der Waals surface area contributed by atoms with Crippen LogP contribution in [0.1, 0.15) is 100 Å². The number of para-hydroxylation sites is 1. The van der Waals surface area contributed by atoms with E-state index in [4.69, 9.17) is 16.6 Å². The van der Waals surface area contributed by atoms with Crippen molar-refractivity contribution >= 4 is 57.9 Å². The van der Waals surface area contributed by atoms with Crippen molar-refractivity contribution in [1.29, 1.82) is 0 Å². The number of nitrogens with zero attached hydrogens (tertiary/aromatic N) is 2. The van der Waals surface area contributed by atoms with E-state index in [1.165, 1.54) is 35.5 Å². The highest BCUT2D eigenvalue weighted by Crippen LogP contribution is 2.28. The Labute approximate surface area is 419 Å². The molecular formula is C51H82N10O10. The Morgan fingerprint density at radius 3 is 1.65 bits per heavy atom. The normalized spacial score (nSPS) is 11.7. The average Bonchev–Trinajstić information content (AvgIpc) is 3.63. The fourth-order valence-corrected chi connectivity index (χ4v) is 5.88. The van der Waals surface area contributed by atoms with Crippen LogP contribution in [0.25, 0.3) is 10.9 Å².